The molecule has 1 aliphatic carbocycles. The second-order valence-corrected chi connectivity index (χ2v) is 8.81. The summed E-state index contributed by atoms with van der Waals surface area (Å²) in [6.45, 7) is 5.94. The summed E-state index contributed by atoms with van der Waals surface area (Å²) in [5.41, 5.74) is 0.133. The van der Waals surface area contributed by atoms with E-state index in [1.807, 2.05) is 18.2 Å². The van der Waals surface area contributed by atoms with Crippen molar-refractivity contribution in [2.75, 3.05) is 6.54 Å². The van der Waals surface area contributed by atoms with Crippen molar-refractivity contribution in [2.45, 2.75) is 70.4 Å². The van der Waals surface area contributed by atoms with Crippen LogP contribution in [0.3, 0.4) is 0 Å². The van der Waals surface area contributed by atoms with Gasteiger partial charge in [-0.25, -0.2) is 8.78 Å². The van der Waals surface area contributed by atoms with Crippen LogP contribution in [0.15, 0.2) is 48.5 Å². The maximum Gasteiger partial charge on any atom is 0.130 e. The molecule has 0 amide bonds. The van der Waals surface area contributed by atoms with Crippen LogP contribution < -0.4 is 0 Å². The van der Waals surface area contributed by atoms with Gasteiger partial charge >= 0.3 is 0 Å². The number of benzene rings is 2. The zero-order chi connectivity index (χ0) is 21.6. The van der Waals surface area contributed by atoms with Gasteiger partial charge in [0.05, 0.1) is 11.5 Å². The lowest BCUT2D eigenvalue weighted by atomic mass is 9.67. The molecular formula is C26H32F2N2. The minimum atomic E-state index is -1.10. The van der Waals surface area contributed by atoms with Crippen LogP contribution in [-0.4, -0.2) is 17.5 Å². The van der Waals surface area contributed by atoms with Crippen molar-refractivity contribution in [3.8, 4) is 6.07 Å². The predicted molar refractivity (Wildman–Crippen MR) is 117 cm³/mol. The summed E-state index contributed by atoms with van der Waals surface area (Å²) in [6, 6.07) is 17.0. The Hall–Kier alpha value is -2.25. The number of nitrogens with zero attached hydrogens (tertiary/aromatic N) is 2. The Bertz CT molecular complexity index is 833. The number of hydrogen-bond donors (Lipinski definition) is 0. The summed E-state index contributed by atoms with van der Waals surface area (Å²) in [5.74, 6) is -1.17. The fourth-order valence-electron chi connectivity index (χ4n) is 4.98. The lowest BCUT2D eigenvalue weighted by molar-refractivity contribution is 0.195. The normalized spacial score (nSPS) is 16.7. The molecule has 1 aliphatic rings. The maximum absolute atomic E-state index is 14.8. The van der Waals surface area contributed by atoms with Gasteiger partial charge in [-0.15, -0.1) is 0 Å². The molecule has 0 saturated heterocycles. The minimum absolute atomic E-state index is 0.00974. The Morgan fingerprint density at radius 3 is 2.23 bits per heavy atom. The highest BCUT2D eigenvalue weighted by Crippen LogP contribution is 2.46. The van der Waals surface area contributed by atoms with Crippen LogP contribution >= 0.6 is 0 Å². The van der Waals surface area contributed by atoms with Crippen LogP contribution in [0.1, 0.15) is 63.5 Å². The fourth-order valence-corrected chi connectivity index (χ4v) is 4.98. The molecule has 0 radical (unpaired) electrons. The lowest BCUT2D eigenvalue weighted by Gasteiger charge is -2.35. The standard InChI is InChI=1S/C26H32F2N2/c1-20(2)30(18-21-10-4-3-5-11-21)17-9-16-26(19-29,22-12-6-7-13-22)25-23(27)14-8-15-24(25)28/h3-5,8,10-11,14-15,20,22H,6-7,9,12-13,16-18H2,1-2H3. The van der Waals surface area contributed by atoms with Crippen molar-refractivity contribution in [1.29, 1.82) is 5.26 Å². The molecule has 1 saturated carbocycles. The molecule has 160 valence electrons. The molecule has 0 aromatic heterocycles. The van der Waals surface area contributed by atoms with Gasteiger partial charge in [-0.2, -0.15) is 5.26 Å². The van der Waals surface area contributed by atoms with E-state index in [9.17, 15) is 14.0 Å². The Labute approximate surface area is 179 Å². The first-order valence-electron chi connectivity index (χ1n) is 11.1. The molecule has 1 unspecified atom stereocenters. The van der Waals surface area contributed by atoms with Gasteiger partial charge in [0.25, 0.3) is 0 Å². The predicted octanol–water partition coefficient (Wildman–Crippen LogP) is 6.61. The van der Waals surface area contributed by atoms with Crippen molar-refractivity contribution in [3.63, 3.8) is 0 Å². The summed E-state index contributed by atoms with van der Waals surface area (Å²) in [5, 5.41) is 10.3. The number of rotatable bonds is 9. The second kappa shape index (κ2) is 10.2. The van der Waals surface area contributed by atoms with E-state index in [2.05, 4.69) is 36.9 Å². The molecule has 0 bridgehead atoms. The summed E-state index contributed by atoms with van der Waals surface area (Å²) >= 11 is 0. The Balaban J connectivity index is 1.81. The van der Waals surface area contributed by atoms with Crippen LogP contribution in [0.5, 0.6) is 0 Å². The summed E-state index contributed by atoms with van der Waals surface area (Å²) in [7, 11) is 0. The molecule has 2 aromatic rings. The average Bonchev–Trinajstić information content (AvgIpc) is 3.27. The van der Waals surface area contributed by atoms with Gasteiger partial charge in [0, 0.05) is 18.2 Å². The van der Waals surface area contributed by atoms with Gasteiger partial charge in [0.1, 0.15) is 11.6 Å². The van der Waals surface area contributed by atoms with Crippen LogP contribution in [0.25, 0.3) is 0 Å². The monoisotopic (exact) mass is 410 g/mol. The third-order valence-corrected chi connectivity index (χ3v) is 6.64. The van der Waals surface area contributed by atoms with Crippen molar-refractivity contribution in [3.05, 3.63) is 71.3 Å². The highest BCUT2D eigenvalue weighted by atomic mass is 19.1. The third kappa shape index (κ3) is 4.90. The van der Waals surface area contributed by atoms with E-state index < -0.39 is 17.0 Å². The molecule has 0 N–H and O–H groups in total. The molecule has 2 nitrogen and oxygen atoms in total. The van der Waals surface area contributed by atoms with E-state index in [1.54, 1.807) is 0 Å². The molecule has 0 heterocycles. The average molecular weight is 411 g/mol. The first-order chi connectivity index (χ1) is 14.5. The van der Waals surface area contributed by atoms with Gasteiger partial charge in [0.15, 0.2) is 0 Å². The van der Waals surface area contributed by atoms with Gasteiger partial charge < -0.3 is 0 Å². The Kier molecular flexibility index (Phi) is 7.61. The highest BCUT2D eigenvalue weighted by molar-refractivity contribution is 5.36. The van der Waals surface area contributed by atoms with Crippen molar-refractivity contribution >= 4 is 0 Å². The molecule has 2 aromatic carbocycles. The van der Waals surface area contributed by atoms with E-state index in [0.717, 1.165) is 45.2 Å². The zero-order valence-corrected chi connectivity index (χ0v) is 18.1. The quantitative estimate of drug-likeness (QED) is 0.465. The van der Waals surface area contributed by atoms with Crippen molar-refractivity contribution < 1.29 is 8.78 Å². The topological polar surface area (TPSA) is 27.0 Å². The first-order valence-corrected chi connectivity index (χ1v) is 11.1. The second-order valence-electron chi connectivity index (χ2n) is 8.81. The van der Waals surface area contributed by atoms with Crippen molar-refractivity contribution in [1.82, 2.24) is 4.90 Å². The summed E-state index contributed by atoms with van der Waals surface area (Å²) in [4.78, 5) is 2.36. The minimum Gasteiger partial charge on any atom is -0.297 e. The Morgan fingerprint density at radius 2 is 1.67 bits per heavy atom. The molecule has 1 fully saturated rings. The molecule has 0 aliphatic heterocycles. The van der Waals surface area contributed by atoms with Crippen LogP contribution in [0.2, 0.25) is 0 Å². The Morgan fingerprint density at radius 1 is 1.03 bits per heavy atom. The summed E-state index contributed by atoms with van der Waals surface area (Å²) in [6.07, 6.45) is 4.97. The molecule has 30 heavy (non-hydrogen) atoms. The van der Waals surface area contributed by atoms with Crippen LogP contribution in [0, 0.1) is 28.9 Å². The van der Waals surface area contributed by atoms with Gasteiger partial charge in [-0.3, -0.25) is 4.90 Å². The van der Waals surface area contributed by atoms with Gasteiger partial charge in [-0.05, 0) is 69.7 Å². The maximum atomic E-state index is 14.8. The summed E-state index contributed by atoms with van der Waals surface area (Å²) < 4.78 is 29.6. The highest BCUT2D eigenvalue weighted by Gasteiger charge is 2.45. The molecule has 0 spiro atoms. The smallest absolute Gasteiger partial charge is 0.130 e. The number of nitriles is 1. The molecular weight excluding hydrogens is 378 g/mol. The fraction of sp³-hybridized carbons (Fsp3) is 0.500. The third-order valence-electron chi connectivity index (χ3n) is 6.64. The van der Waals surface area contributed by atoms with E-state index in [-0.39, 0.29) is 11.5 Å². The lowest BCUT2D eigenvalue weighted by Crippen LogP contribution is -2.37. The zero-order valence-electron chi connectivity index (χ0n) is 18.1. The van der Waals surface area contributed by atoms with E-state index in [1.165, 1.54) is 23.8 Å². The van der Waals surface area contributed by atoms with Gasteiger partial charge in [0.2, 0.25) is 0 Å². The van der Waals surface area contributed by atoms with Crippen molar-refractivity contribution in [2.24, 2.45) is 5.92 Å². The van der Waals surface area contributed by atoms with E-state index in [4.69, 9.17) is 0 Å². The van der Waals surface area contributed by atoms with E-state index >= 15 is 0 Å². The molecule has 1 atom stereocenters. The van der Waals surface area contributed by atoms with Crippen LogP contribution in [0.4, 0.5) is 8.78 Å². The number of hydrogen-bond acceptors (Lipinski definition) is 2. The SMILES string of the molecule is CC(C)N(CCCC(C#N)(c1c(F)cccc1F)C1CCCC1)Cc1ccccc1. The molecule has 4 heteroatoms. The number of halogens is 2. The van der Waals surface area contributed by atoms with E-state index in [0.29, 0.717) is 12.5 Å². The molecule has 3 rings (SSSR count). The first kappa shape index (κ1) is 22.4. The van der Waals surface area contributed by atoms with Gasteiger partial charge in [-0.1, -0.05) is 49.2 Å². The van der Waals surface area contributed by atoms with Crippen LogP contribution in [-0.2, 0) is 12.0 Å². The largest absolute Gasteiger partial charge is 0.297 e.